The summed E-state index contributed by atoms with van der Waals surface area (Å²) in [5.41, 5.74) is -0.584. The van der Waals surface area contributed by atoms with Crippen LogP contribution in [0.25, 0.3) is 0 Å². The Balaban J connectivity index is 2.53. The third-order valence-corrected chi connectivity index (χ3v) is 2.99. The number of ether oxygens (including phenoxy) is 1. The van der Waals surface area contributed by atoms with E-state index in [1.807, 2.05) is 0 Å². The second-order valence-electron chi connectivity index (χ2n) is 6.15. The first-order valence-corrected chi connectivity index (χ1v) is 6.59. The molecule has 1 rings (SSSR count). The third kappa shape index (κ3) is 5.72. The van der Waals surface area contributed by atoms with E-state index in [9.17, 15) is 13.6 Å². The Morgan fingerprint density at radius 3 is 2.58 bits per heavy atom. The zero-order chi connectivity index (χ0) is 14.7. The van der Waals surface area contributed by atoms with Crippen LogP contribution in [0, 0.1) is 5.92 Å². The number of alkyl halides is 2. The Hall–Kier alpha value is -0.910. The third-order valence-electron chi connectivity index (χ3n) is 2.99. The molecule has 1 amide bonds. The van der Waals surface area contributed by atoms with Gasteiger partial charge in [0.15, 0.2) is 0 Å². The highest BCUT2D eigenvalue weighted by molar-refractivity contribution is 5.68. The first-order chi connectivity index (χ1) is 8.63. The van der Waals surface area contributed by atoms with E-state index in [-0.39, 0.29) is 18.9 Å². The van der Waals surface area contributed by atoms with E-state index < -0.39 is 24.2 Å². The maximum atomic E-state index is 13.2. The smallest absolute Gasteiger partial charge is 0.410 e. The number of aliphatic hydroxyl groups is 1. The molecule has 0 aromatic heterocycles. The van der Waals surface area contributed by atoms with Gasteiger partial charge in [0.2, 0.25) is 0 Å². The van der Waals surface area contributed by atoms with E-state index in [1.165, 1.54) is 4.90 Å². The van der Waals surface area contributed by atoms with Crippen molar-refractivity contribution in [3.05, 3.63) is 0 Å². The standard InChI is InChI=1S/C13H23F2NO3/c1-12(2,3)19-11(18)16-6-4-5-10(8-16)7-13(14,15)9-17/h10,17H,4-9H2,1-3H3. The first kappa shape index (κ1) is 16.1. The molecule has 6 heteroatoms. The maximum Gasteiger partial charge on any atom is 0.410 e. The van der Waals surface area contributed by atoms with Crippen LogP contribution in [0.3, 0.4) is 0 Å². The zero-order valence-electron chi connectivity index (χ0n) is 11.8. The van der Waals surface area contributed by atoms with Crippen LogP contribution in [0.1, 0.15) is 40.0 Å². The normalized spacial score (nSPS) is 21.4. The lowest BCUT2D eigenvalue weighted by Crippen LogP contribution is -2.44. The Morgan fingerprint density at radius 2 is 2.05 bits per heavy atom. The minimum absolute atomic E-state index is 0.268. The topological polar surface area (TPSA) is 49.8 Å². The van der Waals surface area contributed by atoms with Gasteiger partial charge in [-0.1, -0.05) is 0 Å². The average Bonchev–Trinajstić information content (AvgIpc) is 2.26. The van der Waals surface area contributed by atoms with Crippen LogP contribution >= 0.6 is 0 Å². The molecule has 112 valence electrons. The summed E-state index contributed by atoms with van der Waals surface area (Å²) in [4.78, 5) is 13.3. The van der Waals surface area contributed by atoms with Gasteiger partial charge in [-0.3, -0.25) is 0 Å². The zero-order valence-corrected chi connectivity index (χ0v) is 11.8. The molecule has 1 atom stereocenters. The number of amides is 1. The lowest BCUT2D eigenvalue weighted by atomic mass is 9.92. The molecular formula is C13H23F2NO3. The van der Waals surface area contributed by atoms with E-state index in [0.717, 1.165) is 0 Å². The summed E-state index contributed by atoms with van der Waals surface area (Å²) in [6.45, 7) is 4.97. The largest absolute Gasteiger partial charge is 0.444 e. The van der Waals surface area contributed by atoms with Crippen molar-refractivity contribution in [2.45, 2.75) is 51.6 Å². The molecule has 1 saturated heterocycles. The molecule has 1 heterocycles. The molecule has 0 bridgehead atoms. The van der Waals surface area contributed by atoms with Crippen LogP contribution in [0.2, 0.25) is 0 Å². The fourth-order valence-corrected chi connectivity index (χ4v) is 2.21. The Kier molecular flexibility index (Phi) is 5.12. The number of likely N-dealkylation sites (tertiary alicyclic amines) is 1. The molecular weight excluding hydrogens is 256 g/mol. The predicted molar refractivity (Wildman–Crippen MR) is 67.2 cm³/mol. The summed E-state index contributed by atoms with van der Waals surface area (Å²) < 4.78 is 31.5. The van der Waals surface area contributed by atoms with Gasteiger partial charge >= 0.3 is 6.09 Å². The second kappa shape index (κ2) is 6.03. The van der Waals surface area contributed by atoms with Gasteiger partial charge in [-0.25, -0.2) is 13.6 Å². The van der Waals surface area contributed by atoms with E-state index in [1.54, 1.807) is 20.8 Å². The van der Waals surface area contributed by atoms with Gasteiger partial charge in [0.05, 0.1) is 0 Å². The van der Waals surface area contributed by atoms with Crippen molar-refractivity contribution in [2.24, 2.45) is 5.92 Å². The summed E-state index contributed by atoms with van der Waals surface area (Å²) in [6, 6.07) is 0. The minimum Gasteiger partial charge on any atom is -0.444 e. The molecule has 0 saturated carbocycles. The molecule has 4 nitrogen and oxygen atoms in total. The maximum absolute atomic E-state index is 13.2. The summed E-state index contributed by atoms with van der Waals surface area (Å²) in [6.07, 6.45) is 0.493. The Bertz CT molecular complexity index is 316. The number of piperidine rings is 1. The number of halogens is 2. The number of hydrogen-bond acceptors (Lipinski definition) is 3. The number of rotatable bonds is 3. The molecule has 1 aliphatic heterocycles. The van der Waals surface area contributed by atoms with Crippen LogP contribution in [-0.2, 0) is 4.74 Å². The lowest BCUT2D eigenvalue weighted by molar-refractivity contribution is -0.0744. The first-order valence-electron chi connectivity index (χ1n) is 6.59. The van der Waals surface area contributed by atoms with Crippen molar-refractivity contribution in [3.63, 3.8) is 0 Å². The van der Waals surface area contributed by atoms with Gasteiger partial charge in [-0.05, 0) is 39.5 Å². The fraction of sp³-hybridized carbons (Fsp3) is 0.923. The van der Waals surface area contributed by atoms with Crippen LogP contribution in [0.4, 0.5) is 13.6 Å². The van der Waals surface area contributed by atoms with Crippen LogP contribution in [-0.4, -0.2) is 47.3 Å². The number of carbonyl (C=O) groups is 1. The summed E-state index contributed by atoms with van der Waals surface area (Å²) >= 11 is 0. The highest BCUT2D eigenvalue weighted by Crippen LogP contribution is 2.29. The van der Waals surface area contributed by atoms with Crippen molar-refractivity contribution in [3.8, 4) is 0 Å². The van der Waals surface area contributed by atoms with Crippen molar-refractivity contribution in [1.29, 1.82) is 0 Å². The van der Waals surface area contributed by atoms with Gasteiger partial charge in [0.1, 0.15) is 12.2 Å². The Morgan fingerprint density at radius 1 is 1.42 bits per heavy atom. The number of hydrogen-bond donors (Lipinski definition) is 1. The number of nitrogens with zero attached hydrogens (tertiary/aromatic N) is 1. The fourth-order valence-electron chi connectivity index (χ4n) is 2.21. The van der Waals surface area contributed by atoms with Gasteiger partial charge in [0, 0.05) is 19.5 Å². The average molecular weight is 279 g/mol. The van der Waals surface area contributed by atoms with Crippen LogP contribution in [0.5, 0.6) is 0 Å². The SMILES string of the molecule is CC(C)(C)OC(=O)N1CCCC(CC(F)(F)CO)C1. The van der Waals surface area contributed by atoms with E-state index in [2.05, 4.69) is 0 Å². The van der Waals surface area contributed by atoms with Crippen molar-refractivity contribution < 1.29 is 23.4 Å². The Labute approximate surface area is 112 Å². The lowest BCUT2D eigenvalue weighted by Gasteiger charge is -2.35. The van der Waals surface area contributed by atoms with Gasteiger partial charge < -0.3 is 14.7 Å². The van der Waals surface area contributed by atoms with E-state index in [0.29, 0.717) is 19.4 Å². The quantitative estimate of drug-likeness (QED) is 0.864. The molecule has 0 spiro atoms. The van der Waals surface area contributed by atoms with Crippen LogP contribution < -0.4 is 0 Å². The molecule has 1 unspecified atom stereocenters. The van der Waals surface area contributed by atoms with Gasteiger partial charge in [-0.15, -0.1) is 0 Å². The van der Waals surface area contributed by atoms with Crippen molar-refractivity contribution in [2.75, 3.05) is 19.7 Å². The molecule has 0 aliphatic carbocycles. The second-order valence-corrected chi connectivity index (χ2v) is 6.15. The summed E-state index contributed by atoms with van der Waals surface area (Å²) in [7, 11) is 0. The van der Waals surface area contributed by atoms with E-state index >= 15 is 0 Å². The molecule has 0 aromatic rings. The molecule has 1 aliphatic rings. The summed E-state index contributed by atoms with van der Waals surface area (Å²) in [5, 5.41) is 8.60. The minimum atomic E-state index is -3.07. The van der Waals surface area contributed by atoms with Crippen molar-refractivity contribution >= 4 is 6.09 Å². The van der Waals surface area contributed by atoms with Gasteiger partial charge in [-0.2, -0.15) is 0 Å². The number of carbonyl (C=O) groups excluding carboxylic acids is 1. The molecule has 19 heavy (non-hydrogen) atoms. The molecule has 0 radical (unpaired) electrons. The highest BCUT2D eigenvalue weighted by atomic mass is 19.3. The van der Waals surface area contributed by atoms with Crippen molar-refractivity contribution in [1.82, 2.24) is 4.90 Å². The van der Waals surface area contributed by atoms with Crippen LogP contribution in [0.15, 0.2) is 0 Å². The van der Waals surface area contributed by atoms with E-state index in [4.69, 9.17) is 9.84 Å². The highest BCUT2D eigenvalue weighted by Gasteiger charge is 2.35. The number of aliphatic hydroxyl groups excluding tert-OH is 1. The summed E-state index contributed by atoms with van der Waals surface area (Å²) in [5.74, 6) is -3.36. The molecule has 0 aromatic carbocycles. The van der Waals surface area contributed by atoms with Gasteiger partial charge in [0.25, 0.3) is 5.92 Å². The molecule has 1 fully saturated rings. The monoisotopic (exact) mass is 279 g/mol. The molecule has 1 N–H and O–H groups in total. The predicted octanol–water partition coefficient (Wildman–Crippen LogP) is 2.65.